The van der Waals surface area contributed by atoms with Crippen molar-refractivity contribution < 1.29 is 29.3 Å². The quantitative estimate of drug-likeness (QED) is 0.198. The van der Waals surface area contributed by atoms with Crippen molar-refractivity contribution >= 4 is 17.9 Å². The first-order valence-corrected chi connectivity index (χ1v) is 11.6. The number of carboxylic acids is 2. The predicted octanol–water partition coefficient (Wildman–Crippen LogP) is 4.87. The summed E-state index contributed by atoms with van der Waals surface area (Å²) < 4.78 is 5.13. The molecule has 2 N–H and O–H groups in total. The molecule has 0 radical (unpaired) electrons. The fraction of sp³-hybridized carbons (Fsp3) is 0.870. The summed E-state index contributed by atoms with van der Waals surface area (Å²) >= 11 is 0. The van der Waals surface area contributed by atoms with E-state index in [-0.39, 0.29) is 12.8 Å². The van der Waals surface area contributed by atoms with Gasteiger partial charge >= 0.3 is 17.9 Å². The zero-order valence-electron chi connectivity index (χ0n) is 19.1. The summed E-state index contributed by atoms with van der Waals surface area (Å²) in [6, 6.07) is 0. The fourth-order valence-corrected chi connectivity index (χ4v) is 3.36. The molecular weight excluding hydrogens is 386 g/mol. The van der Waals surface area contributed by atoms with Gasteiger partial charge in [0.2, 0.25) is 0 Å². The third-order valence-electron chi connectivity index (χ3n) is 5.14. The van der Waals surface area contributed by atoms with E-state index in [4.69, 9.17) is 9.84 Å². The van der Waals surface area contributed by atoms with Gasteiger partial charge in [0.25, 0.3) is 0 Å². The number of rotatable bonds is 21. The largest absolute Gasteiger partial charge is 0.481 e. The molecule has 0 saturated carbocycles. The monoisotopic (exact) mass is 429 g/mol. The van der Waals surface area contributed by atoms with Gasteiger partial charge in [-0.15, -0.1) is 0 Å². The molecule has 7 heteroatoms. The highest BCUT2D eigenvalue weighted by Gasteiger charge is 2.21. The van der Waals surface area contributed by atoms with Crippen LogP contribution in [0, 0.1) is 0 Å². The van der Waals surface area contributed by atoms with Crippen molar-refractivity contribution in [2.45, 2.75) is 109 Å². The molecule has 0 aliphatic carbocycles. The molecule has 0 aromatic heterocycles. The number of carbonyl (C=O) groups excluding carboxylic acids is 1. The summed E-state index contributed by atoms with van der Waals surface area (Å²) in [6.07, 6.45) is 13.5. The van der Waals surface area contributed by atoms with Gasteiger partial charge < -0.3 is 19.8 Å². The molecule has 0 spiro atoms. The Balaban J connectivity index is 3.56. The number of nitrogens with zero attached hydrogens (tertiary/aromatic N) is 1. The van der Waals surface area contributed by atoms with Crippen molar-refractivity contribution in [2.75, 3.05) is 20.6 Å². The number of aliphatic carboxylic acids is 2. The smallest absolute Gasteiger partial charge is 0.345 e. The van der Waals surface area contributed by atoms with Crippen molar-refractivity contribution in [1.29, 1.82) is 0 Å². The highest BCUT2D eigenvalue weighted by atomic mass is 16.6. The molecule has 176 valence electrons. The molecule has 0 aromatic rings. The van der Waals surface area contributed by atoms with Crippen molar-refractivity contribution in [2.24, 2.45) is 0 Å². The molecule has 30 heavy (non-hydrogen) atoms. The summed E-state index contributed by atoms with van der Waals surface area (Å²) in [5.74, 6) is -2.19. The topological polar surface area (TPSA) is 104 Å². The number of unbranched alkanes of at least 4 members (excludes halogenated alkanes) is 11. The lowest BCUT2D eigenvalue weighted by Crippen LogP contribution is -2.27. The lowest BCUT2D eigenvalue weighted by atomic mass is 10.0. The number of carbonyl (C=O) groups is 3. The first kappa shape index (κ1) is 28.4. The zero-order chi connectivity index (χ0) is 22.6. The molecule has 1 unspecified atom stereocenters. The van der Waals surface area contributed by atoms with E-state index in [1.54, 1.807) is 0 Å². The summed E-state index contributed by atoms with van der Waals surface area (Å²) in [5, 5.41) is 17.8. The molecule has 0 aliphatic rings. The van der Waals surface area contributed by atoms with Crippen LogP contribution in [0.3, 0.4) is 0 Å². The fourth-order valence-electron chi connectivity index (χ4n) is 3.36. The Kier molecular flexibility index (Phi) is 18.3. The first-order valence-electron chi connectivity index (χ1n) is 11.6. The maximum absolute atomic E-state index is 11.8. The maximum atomic E-state index is 11.8. The van der Waals surface area contributed by atoms with Gasteiger partial charge in [0, 0.05) is 12.8 Å². The van der Waals surface area contributed by atoms with E-state index in [1.807, 2.05) is 19.0 Å². The number of ether oxygens (including phenoxy) is 1. The van der Waals surface area contributed by atoms with Crippen LogP contribution in [-0.2, 0) is 19.1 Å². The van der Waals surface area contributed by atoms with Crippen LogP contribution in [0.2, 0.25) is 0 Å². The number of esters is 1. The van der Waals surface area contributed by atoms with Gasteiger partial charge in [-0.1, -0.05) is 64.2 Å². The van der Waals surface area contributed by atoms with Gasteiger partial charge in [-0.3, -0.25) is 9.59 Å². The summed E-state index contributed by atoms with van der Waals surface area (Å²) in [4.78, 5) is 35.4. The summed E-state index contributed by atoms with van der Waals surface area (Å²) in [5.41, 5.74) is 0. The van der Waals surface area contributed by atoms with Crippen LogP contribution >= 0.6 is 0 Å². The third-order valence-corrected chi connectivity index (χ3v) is 5.14. The summed E-state index contributed by atoms with van der Waals surface area (Å²) in [6.45, 7) is 0.777. The van der Waals surface area contributed by atoms with Gasteiger partial charge in [0.15, 0.2) is 6.10 Å². The highest BCUT2D eigenvalue weighted by molar-refractivity contribution is 5.77. The zero-order valence-corrected chi connectivity index (χ0v) is 19.1. The molecule has 0 fully saturated rings. The lowest BCUT2D eigenvalue weighted by Gasteiger charge is -2.14. The van der Waals surface area contributed by atoms with E-state index in [0.29, 0.717) is 12.8 Å². The second kappa shape index (κ2) is 19.3. The van der Waals surface area contributed by atoms with Gasteiger partial charge in [-0.25, -0.2) is 4.79 Å². The van der Waals surface area contributed by atoms with Crippen molar-refractivity contribution in [3.63, 3.8) is 0 Å². The molecule has 1 atom stereocenters. The lowest BCUT2D eigenvalue weighted by molar-refractivity contribution is -0.164. The van der Waals surface area contributed by atoms with Crippen LogP contribution in [0.4, 0.5) is 0 Å². The molecule has 0 bridgehead atoms. The molecule has 0 aromatic carbocycles. The molecular formula is C23H43NO6. The Morgan fingerprint density at radius 1 is 0.700 bits per heavy atom. The number of hydrogen-bond acceptors (Lipinski definition) is 5. The van der Waals surface area contributed by atoms with Crippen LogP contribution in [-0.4, -0.2) is 59.8 Å². The Morgan fingerprint density at radius 3 is 1.60 bits per heavy atom. The van der Waals surface area contributed by atoms with Gasteiger partial charge in [-0.05, 0) is 46.3 Å². The number of hydrogen-bond donors (Lipinski definition) is 2. The standard InChI is InChI=1S/C23H43NO6/c1-24(2)19-15-18-22(27)30-20(23(28)29)16-13-11-9-7-5-3-4-6-8-10-12-14-17-21(25)26/h20H,3-19H2,1-2H3,(H,25,26)(H,28,29). The van der Waals surface area contributed by atoms with Gasteiger partial charge in [-0.2, -0.15) is 0 Å². The van der Waals surface area contributed by atoms with E-state index < -0.39 is 24.0 Å². The van der Waals surface area contributed by atoms with Gasteiger partial charge in [0.1, 0.15) is 0 Å². The SMILES string of the molecule is CN(C)CCCC(=O)OC(CCCCCCCCCCCCCCC(=O)O)C(=O)O. The first-order chi connectivity index (χ1) is 14.3. The van der Waals surface area contributed by atoms with Gasteiger partial charge in [0.05, 0.1) is 0 Å². The van der Waals surface area contributed by atoms with Crippen molar-refractivity contribution in [3.8, 4) is 0 Å². The Hall–Kier alpha value is -1.63. The van der Waals surface area contributed by atoms with Crippen LogP contribution in [0.25, 0.3) is 0 Å². The molecule has 7 nitrogen and oxygen atoms in total. The predicted molar refractivity (Wildman–Crippen MR) is 118 cm³/mol. The molecule has 0 amide bonds. The minimum Gasteiger partial charge on any atom is -0.481 e. The van der Waals surface area contributed by atoms with Crippen LogP contribution in [0.15, 0.2) is 0 Å². The average molecular weight is 430 g/mol. The minimum absolute atomic E-state index is 0.254. The normalized spacial score (nSPS) is 12.1. The number of carboxylic acid groups (broad SMARTS) is 2. The molecule has 0 rings (SSSR count). The van der Waals surface area contributed by atoms with E-state index >= 15 is 0 Å². The molecule has 0 aliphatic heterocycles. The van der Waals surface area contributed by atoms with E-state index in [9.17, 15) is 19.5 Å². The van der Waals surface area contributed by atoms with E-state index in [1.165, 1.54) is 32.1 Å². The average Bonchev–Trinajstić information content (AvgIpc) is 2.66. The van der Waals surface area contributed by atoms with Crippen LogP contribution in [0.5, 0.6) is 0 Å². The molecule has 0 heterocycles. The minimum atomic E-state index is -1.06. The van der Waals surface area contributed by atoms with E-state index in [0.717, 1.165) is 51.5 Å². The Labute approximate surface area is 182 Å². The van der Waals surface area contributed by atoms with Crippen LogP contribution < -0.4 is 0 Å². The summed E-state index contributed by atoms with van der Waals surface area (Å²) in [7, 11) is 3.86. The van der Waals surface area contributed by atoms with Crippen LogP contribution in [0.1, 0.15) is 103 Å². The van der Waals surface area contributed by atoms with Crippen molar-refractivity contribution in [3.05, 3.63) is 0 Å². The highest BCUT2D eigenvalue weighted by Crippen LogP contribution is 2.14. The Morgan fingerprint density at radius 2 is 1.17 bits per heavy atom. The second-order valence-electron chi connectivity index (χ2n) is 8.40. The Bertz CT molecular complexity index is 467. The molecule has 0 saturated heterocycles. The second-order valence-corrected chi connectivity index (χ2v) is 8.40. The third kappa shape index (κ3) is 19.7. The van der Waals surface area contributed by atoms with E-state index in [2.05, 4.69) is 0 Å². The maximum Gasteiger partial charge on any atom is 0.345 e. The van der Waals surface area contributed by atoms with Crippen molar-refractivity contribution in [1.82, 2.24) is 4.90 Å².